The second kappa shape index (κ2) is 5.64. The van der Waals surface area contributed by atoms with Gasteiger partial charge in [-0.15, -0.1) is 0 Å². The van der Waals surface area contributed by atoms with E-state index in [4.69, 9.17) is 0 Å². The Bertz CT molecular complexity index is 75.3. The third-order valence-corrected chi connectivity index (χ3v) is 2.24. The zero-order chi connectivity index (χ0) is 6.69. The van der Waals surface area contributed by atoms with Crippen molar-refractivity contribution >= 4 is 0 Å². The van der Waals surface area contributed by atoms with Crippen LogP contribution in [0.25, 0.3) is 0 Å². The normalized spacial score (nSPS) is 28.8. The first-order chi connectivity index (χ1) is 4.29. The monoisotopic (exact) mass is 365 g/mol. The molecular weight excluding hydrogens is 348 g/mol. The molecule has 0 amide bonds. The third kappa shape index (κ3) is 4.01. The molecule has 0 aliphatic carbocycles. The van der Waals surface area contributed by atoms with Crippen LogP contribution in [0.15, 0.2) is 0 Å². The minimum Gasteiger partial charge on any atom is -0.306 e. The summed E-state index contributed by atoms with van der Waals surface area (Å²) in [4.78, 5) is 2.43. The molecule has 0 radical (unpaired) electrons. The molecule has 1 aliphatic rings. The zero-order valence-electron chi connectivity index (χ0n) is 7.06. The summed E-state index contributed by atoms with van der Waals surface area (Å²) >= 11 is 0. The number of rotatable bonds is 0. The maximum atomic E-state index is 2.43. The Labute approximate surface area is 87.9 Å². The van der Waals surface area contributed by atoms with Gasteiger partial charge in [-0.05, 0) is 45.3 Å². The van der Waals surface area contributed by atoms with Crippen molar-refractivity contribution in [3.8, 4) is 0 Å². The summed E-state index contributed by atoms with van der Waals surface area (Å²) < 4.78 is 0. The van der Waals surface area contributed by atoms with Gasteiger partial charge in [-0.1, -0.05) is 6.92 Å². The number of hydrogen-bond acceptors (Lipinski definition) is 1. The Hall–Kier alpha value is 1.01. The fraction of sp³-hybridized carbons (Fsp3) is 1.00. The molecule has 0 aromatic carbocycles. The molecule has 1 rings (SSSR count). The molecule has 2 heteroatoms. The second-order valence-corrected chi connectivity index (χ2v) is 3.34. The van der Waals surface area contributed by atoms with E-state index in [0.717, 1.165) is 5.92 Å². The maximum absolute atomic E-state index is 2.43. The first kappa shape index (κ1) is 11.0. The van der Waals surface area contributed by atoms with Gasteiger partial charge in [0.15, 0.2) is 0 Å². The van der Waals surface area contributed by atoms with Crippen LogP contribution in [0.4, 0.5) is 0 Å². The molecule has 0 bridgehead atoms. The molecule has 1 heterocycles. The second-order valence-electron chi connectivity index (χ2n) is 3.34. The van der Waals surface area contributed by atoms with Crippen molar-refractivity contribution in [2.45, 2.75) is 26.2 Å². The Balaban J connectivity index is 0.000000810. The van der Waals surface area contributed by atoms with Crippen LogP contribution in [0, 0.1) is 37.0 Å². The van der Waals surface area contributed by atoms with Gasteiger partial charge in [0.2, 0.25) is 0 Å². The predicted octanol–water partition coefficient (Wildman–Crippen LogP) is 1.74. The van der Waals surface area contributed by atoms with E-state index in [-0.39, 0.29) is 31.1 Å². The predicted molar refractivity (Wildman–Crippen MR) is 40.5 cm³/mol. The molecular formula is C8H17NU. The first-order valence-corrected chi connectivity index (χ1v) is 3.97. The van der Waals surface area contributed by atoms with Gasteiger partial charge in [-0.3, -0.25) is 0 Å². The molecule has 1 saturated heterocycles. The van der Waals surface area contributed by atoms with Gasteiger partial charge in [-0.25, -0.2) is 0 Å². The van der Waals surface area contributed by atoms with E-state index in [1.807, 2.05) is 0 Å². The van der Waals surface area contributed by atoms with Crippen molar-refractivity contribution in [2.24, 2.45) is 5.92 Å². The van der Waals surface area contributed by atoms with Crippen LogP contribution < -0.4 is 0 Å². The summed E-state index contributed by atoms with van der Waals surface area (Å²) in [5, 5.41) is 0. The fourth-order valence-corrected chi connectivity index (χ4v) is 1.41. The van der Waals surface area contributed by atoms with Gasteiger partial charge < -0.3 is 4.90 Å². The van der Waals surface area contributed by atoms with Gasteiger partial charge >= 0.3 is 0 Å². The molecule has 0 saturated carbocycles. The Morgan fingerprint density at radius 3 is 2.60 bits per heavy atom. The fourth-order valence-electron chi connectivity index (χ4n) is 1.41. The van der Waals surface area contributed by atoms with Gasteiger partial charge in [0.1, 0.15) is 0 Å². The van der Waals surface area contributed by atoms with Crippen molar-refractivity contribution in [2.75, 3.05) is 20.1 Å². The smallest absolute Gasteiger partial charge is 0 e. The van der Waals surface area contributed by atoms with Crippen LogP contribution >= 0.6 is 0 Å². The molecule has 10 heavy (non-hydrogen) atoms. The Morgan fingerprint density at radius 1 is 1.20 bits per heavy atom. The van der Waals surface area contributed by atoms with E-state index in [9.17, 15) is 0 Å². The Kier molecular flexibility index (Phi) is 6.21. The van der Waals surface area contributed by atoms with E-state index in [0.29, 0.717) is 0 Å². The topological polar surface area (TPSA) is 3.24 Å². The molecule has 0 aromatic heterocycles. The molecule has 58 valence electrons. The molecule has 1 nitrogen and oxygen atoms in total. The quantitative estimate of drug-likeness (QED) is 0.632. The van der Waals surface area contributed by atoms with Crippen LogP contribution in [-0.4, -0.2) is 25.0 Å². The van der Waals surface area contributed by atoms with Crippen molar-refractivity contribution < 1.29 is 31.1 Å². The van der Waals surface area contributed by atoms with E-state index in [1.165, 1.54) is 32.4 Å². The van der Waals surface area contributed by atoms with Crippen LogP contribution in [0.1, 0.15) is 26.2 Å². The zero-order valence-corrected chi connectivity index (χ0v) is 11.2. The Morgan fingerprint density at radius 2 is 1.90 bits per heavy atom. The largest absolute Gasteiger partial charge is 0.306 e. The van der Waals surface area contributed by atoms with Crippen molar-refractivity contribution in [3.63, 3.8) is 0 Å². The number of hydrogen-bond donors (Lipinski definition) is 0. The molecule has 1 aliphatic heterocycles. The molecule has 1 fully saturated rings. The van der Waals surface area contributed by atoms with E-state index in [1.54, 1.807) is 0 Å². The van der Waals surface area contributed by atoms with E-state index < -0.39 is 0 Å². The molecule has 1 unspecified atom stereocenters. The summed E-state index contributed by atoms with van der Waals surface area (Å²) in [5.74, 6) is 0.968. The average Bonchev–Trinajstić information content (AvgIpc) is 1.97. The van der Waals surface area contributed by atoms with E-state index in [2.05, 4.69) is 18.9 Å². The van der Waals surface area contributed by atoms with Gasteiger partial charge in [-0.2, -0.15) is 0 Å². The van der Waals surface area contributed by atoms with Crippen molar-refractivity contribution in [1.82, 2.24) is 4.90 Å². The molecule has 0 N–H and O–H groups in total. The first-order valence-electron chi connectivity index (χ1n) is 3.97. The van der Waals surface area contributed by atoms with Crippen LogP contribution in [0.2, 0.25) is 0 Å². The van der Waals surface area contributed by atoms with Crippen molar-refractivity contribution in [3.05, 3.63) is 0 Å². The summed E-state index contributed by atoms with van der Waals surface area (Å²) in [6.07, 6.45) is 4.23. The third-order valence-electron chi connectivity index (χ3n) is 2.24. The maximum Gasteiger partial charge on any atom is 0 e. The van der Waals surface area contributed by atoms with Gasteiger partial charge in [0.25, 0.3) is 0 Å². The SMILES string of the molecule is CC1CCCN(C)CC1.[U]. The minimum absolute atomic E-state index is 0. The van der Waals surface area contributed by atoms with Crippen LogP contribution in [-0.2, 0) is 0 Å². The van der Waals surface area contributed by atoms with Gasteiger partial charge in [0.05, 0.1) is 0 Å². The summed E-state index contributed by atoms with van der Waals surface area (Å²) in [5.41, 5.74) is 0. The number of nitrogens with zero attached hydrogens (tertiary/aromatic N) is 1. The summed E-state index contributed by atoms with van der Waals surface area (Å²) in [6.45, 7) is 4.98. The molecule has 0 spiro atoms. The molecule has 1 atom stereocenters. The van der Waals surface area contributed by atoms with E-state index >= 15 is 0 Å². The minimum atomic E-state index is 0. The molecule has 0 aromatic rings. The summed E-state index contributed by atoms with van der Waals surface area (Å²) in [6, 6.07) is 0. The van der Waals surface area contributed by atoms with Crippen LogP contribution in [0.5, 0.6) is 0 Å². The number of likely N-dealkylation sites (tertiary alicyclic amines) is 1. The van der Waals surface area contributed by atoms with Crippen LogP contribution in [0.3, 0.4) is 0 Å². The standard InChI is InChI=1S/C8H17N.U/c1-8-4-3-6-9(2)7-5-8;/h8H,3-7H2,1-2H3;. The van der Waals surface area contributed by atoms with Gasteiger partial charge in [0, 0.05) is 31.1 Å². The summed E-state index contributed by atoms with van der Waals surface area (Å²) in [7, 11) is 2.22. The van der Waals surface area contributed by atoms with Crippen molar-refractivity contribution in [1.29, 1.82) is 0 Å². The average molecular weight is 365 g/mol.